The SMILES string of the molecule is CCNC(=NCc1cc(Cl)c2c(c1)OCCO2)NC1CCN(C(C)C)CC1.I. The van der Waals surface area contributed by atoms with Gasteiger partial charge in [0.05, 0.1) is 11.6 Å². The minimum atomic E-state index is 0. The summed E-state index contributed by atoms with van der Waals surface area (Å²) in [6, 6.07) is 4.95. The maximum Gasteiger partial charge on any atom is 0.191 e. The zero-order valence-electron chi connectivity index (χ0n) is 17.0. The van der Waals surface area contributed by atoms with Gasteiger partial charge >= 0.3 is 0 Å². The molecule has 0 radical (unpaired) electrons. The van der Waals surface area contributed by atoms with Crippen LogP contribution in [-0.2, 0) is 6.54 Å². The summed E-state index contributed by atoms with van der Waals surface area (Å²) in [6.45, 7) is 11.3. The molecule has 0 aromatic heterocycles. The molecule has 0 amide bonds. The Morgan fingerprint density at radius 1 is 1.25 bits per heavy atom. The largest absolute Gasteiger partial charge is 0.486 e. The Hall–Kier alpha value is -0.930. The molecule has 0 unspecified atom stereocenters. The Bertz CT molecular complexity index is 664. The number of nitrogens with one attached hydrogen (secondary N) is 2. The molecule has 6 nitrogen and oxygen atoms in total. The van der Waals surface area contributed by atoms with Gasteiger partial charge in [0.25, 0.3) is 0 Å². The van der Waals surface area contributed by atoms with Crippen LogP contribution in [0.2, 0.25) is 5.02 Å². The first-order valence-electron chi connectivity index (χ1n) is 9.93. The normalized spacial score (nSPS) is 18.0. The lowest BCUT2D eigenvalue weighted by Crippen LogP contribution is -2.49. The third-order valence-corrected chi connectivity index (χ3v) is 5.30. The number of aliphatic imine (C=N–C) groups is 1. The van der Waals surface area contributed by atoms with Gasteiger partial charge in [0.1, 0.15) is 13.2 Å². The molecule has 28 heavy (non-hydrogen) atoms. The first-order chi connectivity index (χ1) is 13.1. The molecule has 3 rings (SSSR count). The van der Waals surface area contributed by atoms with Gasteiger partial charge in [0.2, 0.25) is 0 Å². The molecule has 0 saturated carbocycles. The second kappa shape index (κ2) is 11.3. The molecule has 8 heteroatoms. The van der Waals surface area contributed by atoms with E-state index >= 15 is 0 Å². The molecule has 2 N–H and O–H groups in total. The highest BCUT2D eigenvalue weighted by Crippen LogP contribution is 2.38. The van der Waals surface area contributed by atoms with Crippen molar-refractivity contribution >= 4 is 41.5 Å². The maximum atomic E-state index is 6.33. The Morgan fingerprint density at radius 3 is 2.64 bits per heavy atom. The van der Waals surface area contributed by atoms with Crippen molar-refractivity contribution in [3.8, 4) is 11.5 Å². The van der Waals surface area contributed by atoms with Gasteiger partial charge in [0, 0.05) is 31.7 Å². The number of piperidine rings is 1. The van der Waals surface area contributed by atoms with E-state index in [-0.39, 0.29) is 24.0 Å². The van der Waals surface area contributed by atoms with Gasteiger partial charge in [-0.25, -0.2) is 4.99 Å². The highest BCUT2D eigenvalue weighted by Gasteiger charge is 2.21. The fourth-order valence-electron chi connectivity index (χ4n) is 3.50. The van der Waals surface area contributed by atoms with E-state index in [1.165, 1.54) is 0 Å². The highest BCUT2D eigenvalue weighted by molar-refractivity contribution is 14.0. The molecule has 0 atom stereocenters. The molecular formula is C20H32ClIN4O2. The Morgan fingerprint density at radius 2 is 1.96 bits per heavy atom. The molecule has 0 bridgehead atoms. The molecular weight excluding hydrogens is 491 g/mol. The highest BCUT2D eigenvalue weighted by atomic mass is 127. The minimum Gasteiger partial charge on any atom is -0.486 e. The first kappa shape index (κ1) is 23.3. The van der Waals surface area contributed by atoms with E-state index < -0.39 is 0 Å². The number of hydrogen-bond donors (Lipinski definition) is 2. The predicted molar refractivity (Wildman–Crippen MR) is 126 cm³/mol. The van der Waals surface area contributed by atoms with E-state index in [9.17, 15) is 0 Å². The van der Waals surface area contributed by atoms with Gasteiger partial charge in [-0.05, 0) is 51.3 Å². The molecule has 0 aliphatic carbocycles. The van der Waals surface area contributed by atoms with Gasteiger partial charge in [-0.1, -0.05) is 11.6 Å². The average Bonchev–Trinajstić information content (AvgIpc) is 2.67. The molecule has 2 aliphatic heterocycles. The van der Waals surface area contributed by atoms with Gasteiger partial charge in [-0.3, -0.25) is 0 Å². The van der Waals surface area contributed by atoms with Crippen LogP contribution < -0.4 is 20.1 Å². The molecule has 0 spiro atoms. The number of rotatable bonds is 5. The van der Waals surface area contributed by atoms with Crippen molar-refractivity contribution < 1.29 is 9.47 Å². The summed E-state index contributed by atoms with van der Waals surface area (Å²) in [5, 5.41) is 7.51. The second-order valence-corrected chi connectivity index (χ2v) is 7.75. The van der Waals surface area contributed by atoms with E-state index in [2.05, 4.69) is 36.3 Å². The average molecular weight is 523 g/mol. The Balaban J connectivity index is 0.00000280. The van der Waals surface area contributed by atoms with E-state index in [0.29, 0.717) is 48.4 Å². The van der Waals surface area contributed by atoms with E-state index in [1.54, 1.807) is 0 Å². The lowest BCUT2D eigenvalue weighted by Gasteiger charge is -2.35. The molecule has 2 heterocycles. The Labute approximate surface area is 190 Å². The number of ether oxygens (including phenoxy) is 2. The van der Waals surface area contributed by atoms with Gasteiger partial charge in [-0.15, -0.1) is 24.0 Å². The van der Waals surface area contributed by atoms with Crippen LogP contribution in [0.3, 0.4) is 0 Å². The van der Waals surface area contributed by atoms with Gasteiger partial charge < -0.3 is 25.0 Å². The van der Waals surface area contributed by atoms with E-state index in [4.69, 9.17) is 26.1 Å². The molecule has 1 aromatic carbocycles. The van der Waals surface area contributed by atoms with Gasteiger partial charge in [0.15, 0.2) is 17.5 Å². The van der Waals surface area contributed by atoms with E-state index in [1.807, 2.05) is 12.1 Å². The smallest absolute Gasteiger partial charge is 0.191 e. The van der Waals surface area contributed by atoms with Crippen LogP contribution in [0.1, 0.15) is 39.2 Å². The monoisotopic (exact) mass is 522 g/mol. The van der Waals surface area contributed by atoms with Crippen LogP contribution in [0, 0.1) is 0 Å². The molecule has 1 saturated heterocycles. The van der Waals surface area contributed by atoms with Crippen molar-refractivity contribution in [1.29, 1.82) is 0 Å². The summed E-state index contributed by atoms with van der Waals surface area (Å²) in [5.41, 5.74) is 1.01. The third-order valence-electron chi connectivity index (χ3n) is 5.02. The standard InChI is InChI=1S/C20H31ClN4O2.HI/c1-4-22-20(24-16-5-7-25(8-6-16)14(2)3)23-13-15-11-17(21)19-18(12-15)26-9-10-27-19;/h11-12,14,16H,4-10,13H2,1-3H3,(H2,22,23,24);1H. The summed E-state index contributed by atoms with van der Waals surface area (Å²) in [6.07, 6.45) is 2.27. The summed E-state index contributed by atoms with van der Waals surface area (Å²) >= 11 is 6.33. The number of guanidine groups is 1. The maximum absolute atomic E-state index is 6.33. The van der Waals surface area contributed by atoms with Crippen molar-refractivity contribution in [1.82, 2.24) is 15.5 Å². The third kappa shape index (κ3) is 6.29. The number of halogens is 2. The zero-order valence-corrected chi connectivity index (χ0v) is 20.0. The fraction of sp³-hybridized carbons (Fsp3) is 0.650. The summed E-state index contributed by atoms with van der Waals surface area (Å²) in [7, 11) is 0. The topological polar surface area (TPSA) is 58.1 Å². The predicted octanol–water partition coefficient (Wildman–Crippen LogP) is 3.66. The van der Waals surface area contributed by atoms with E-state index in [0.717, 1.165) is 44.0 Å². The van der Waals surface area contributed by atoms with Crippen molar-refractivity contribution in [3.63, 3.8) is 0 Å². The first-order valence-corrected chi connectivity index (χ1v) is 10.3. The number of hydrogen-bond acceptors (Lipinski definition) is 4. The summed E-state index contributed by atoms with van der Waals surface area (Å²) < 4.78 is 11.2. The summed E-state index contributed by atoms with van der Waals surface area (Å²) in [4.78, 5) is 7.27. The van der Waals surface area contributed by atoms with Crippen molar-refractivity contribution in [2.24, 2.45) is 4.99 Å². The molecule has 158 valence electrons. The van der Waals surface area contributed by atoms with Crippen molar-refractivity contribution in [3.05, 3.63) is 22.7 Å². The van der Waals surface area contributed by atoms with Crippen molar-refractivity contribution in [2.75, 3.05) is 32.8 Å². The minimum absolute atomic E-state index is 0. The van der Waals surface area contributed by atoms with Crippen LogP contribution in [0.4, 0.5) is 0 Å². The zero-order chi connectivity index (χ0) is 19.2. The number of fused-ring (bicyclic) bond motifs is 1. The van der Waals surface area contributed by atoms with Gasteiger partial charge in [-0.2, -0.15) is 0 Å². The van der Waals surface area contributed by atoms with Crippen LogP contribution in [0.25, 0.3) is 0 Å². The summed E-state index contributed by atoms with van der Waals surface area (Å²) in [5.74, 6) is 2.20. The number of nitrogens with zero attached hydrogens (tertiary/aromatic N) is 2. The van der Waals surface area contributed by atoms with Crippen LogP contribution in [-0.4, -0.2) is 55.8 Å². The van der Waals surface area contributed by atoms with Crippen LogP contribution >= 0.6 is 35.6 Å². The molecule has 2 aliphatic rings. The second-order valence-electron chi connectivity index (χ2n) is 7.35. The van der Waals surface area contributed by atoms with Crippen LogP contribution in [0.15, 0.2) is 17.1 Å². The fourth-order valence-corrected chi connectivity index (χ4v) is 3.79. The lowest BCUT2D eigenvalue weighted by atomic mass is 10.0. The Kier molecular flexibility index (Phi) is 9.43. The van der Waals surface area contributed by atoms with Crippen molar-refractivity contribution in [2.45, 2.75) is 52.2 Å². The van der Waals surface area contributed by atoms with Crippen LogP contribution in [0.5, 0.6) is 11.5 Å². The lowest BCUT2D eigenvalue weighted by molar-refractivity contribution is 0.167. The molecule has 1 fully saturated rings. The quantitative estimate of drug-likeness (QED) is 0.351. The molecule has 1 aromatic rings. The number of likely N-dealkylation sites (tertiary alicyclic amines) is 1. The number of benzene rings is 1.